The van der Waals surface area contributed by atoms with E-state index in [4.69, 9.17) is 16.3 Å². The van der Waals surface area contributed by atoms with Crippen molar-refractivity contribution in [3.8, 4) is 17.0 Å². The number of rotatable bonds is 3. The summed E-state index contributed by atoms with van der Waals surface area (Å²) in [6, 6.07) is 12.3. The van der Waals surface area contributed by atoms with Gasteiger partial charge in [-0.05, 0) is 36.8 Å². The predicted octanol–water partition coefficient (Wildman–Crippen LogP) is 4.57. The average Bonchev–Trinajstić information content (AvgIpc) is 2.54. The Kier molecular flexibility index (Phi) is 3.92. The van der Waals surface area contributed by atoms with Crippen LogP contribution in [0.3, 0.4) is 0 Å². The van der Waals surface area contributed by atoms with Crippen LogP contribution in [0.25, 0.3) is 22.2 Å². The number of aryl methyl sites for hydroxylation is 1. The zero-order valence-corrected chi connectivity index (χ0v) is 13.4. The smallest absolute Gasteiger partial charge is 0.336 e. The minimum Gasteiger partial charge on any atom is -0.495 e. The van der Waals surface area contributed by atoms with Crippen molar-refractivity contribution in [3.63, 3.8) is 0 Å². The number of aromatic carboxylic acids is 1. The van der Waals surface area contributed by atoms with Gasteiger partial charge in [0.05, 0.1) is 28.9 Å². The summed E-state index contributed by atoms with van der Waals surface area (Å²) < 4.78 is 5.14. The van der Waals surface area contributed by atoms with Crippen LogP contribution in [0.4, 0.5) is 0 Å². The lowest BCUT2D eigenvalue weighted by Crippen LogP contribution is -2.01. The summed E-state index contributed by atoms with van der Waals surface area (Å²) in [5.74, 6) is -0.422. The van der Waals surface area contributed by atoms with E-state index in [2.05, 4.69) is 4.98 Å². The molecule has 116 valence electrons. The van der Waals surface area contributed by atoms with Crippen LogP contribution in [-0.2, 0) is 0 Å². The Bertz CT molecular complexity index is 922. The molecule has 0 amide bonds. The normalized spacial score (nSPS) is 10.7. The second-order valence-electron chi connectivity index (χ2n) is 5.18. The monoisotopic (exact) mass is 327 g/mol. The number of hydrogen-bond donors (Lipinski definition) is 1. The van der Waals surface area contributed by atoms with Gasteiger partial charge in [0.2, 0.25) is 0 Å². The molecule has 2 aromatic carbocycles. The number of pyridine rings is 1. The maximum absolute atomic E-state index is 11.6. The topological polar surface area (TPSA) is 59.4 Å². The van der Waals surface area contributed by atoms with E-state index in [0.717, 1.165) is 11.1 Å². The number of carboxylic acid groups (broad SMARTS) is 1. The first-order valence-corrected chi connectivity index (χ1v) is 7.36. The summed E-state index contributed by atoms with van der Waals surface area (Å²) in [6.45, 7) is 1.91. The molecule has 1 N–H and O–H groups in total. The highest BCUT2D eigenvalue weighted by Crippen LogP contribution is 2.32. The number of aromatic nitrogens is 1. The molecular formula is C18H14ClNO3. The number of ether oxygens (including phenoxy) is 1. The fraction of sp³-hybridized carbons (Fsp3) is 0.111. The molecule has 5 heteroatoms. The third-order valence-corrected chi connectivity index (χ3v) is 4.01. The van der Waals surface area contributed by atoms with E-state index < -0.39 is 5.97 Å². The molecule has 0 aliphatic heterocycles. The molecule has 3 aromatic rings. The maximum Gasteiger partial charge on any atom is 0.336 e. The first-order valence-electron chi connectivity index (χ1n) is 6.99. The van der Waals surface area contributed by atoms with Crippen molar-refractivity contribution in [3.05, 3.63) is 58.6 Å². The van der Waals surface area contributed by atoms with E-state index in [9.17, 15) is 9.90 Å². The second-order valence-corrected chi connectivity index (χ2v) is 5.59. The minimum atomic E-state index is -0.983. The largest absolute Gasteiger partial charge is 0.495 e. The van der Waals surface area contributed by atoms with Gasteiger partial charge in [-0.1, -0.05) is 29.8 Å². The molecule has 0 aliphatic rings. The van der Waals surface area contributed by atoms with Crippen LogP contribution in [0.5, 0.6) is 5.75 Å². The third kappa shape index (κ3) is 2.73. The predicted molar refractivity (Wildman–Crippen MR) is 90.4 cm³/mol. The molecule has 0 spiro atoms. The fourth-order valence-electron chi connectivity index (χ4n) is 2.54. The standard InChI is InChI=1S/C18H14ClNO3/c1-10-4-3-5-12-13(18(21)22)9-15(20-17(10)12)11-6-7-16(23-2)14(19)8-11/h3-9H,1-2H3,(H,21,22). The van der Waals surface area contributed by atoms with E-state index in [-0.39, 0.29) is 5.56 Å². The first kappa shape index (κ1) is 15.3. The summed E-state index contributed by atoms with van der Waals surface area (Å²) in [4.78, 5) is 16.2. The highest BCUT2D eigenvalue weighted by Gasteiger charge is 2.14. The number of benzene rings is 2. The quantitative estimate of drug-likeness (QED) is 0.765. The van der Waals surface area contributed by atoms with Crippen molar-refractivity contribution in [1.82, 2.24) is 4.98 Å². The highest BCUT2D eigenvalue weighted by atomic mass is 35.5. The number of hydrogen-bond acceptors (Lipinski definition) is 3. The van der Waals surface area contributed by atoms with Gasteiger partial charge in [0.15, 0.2) is 0 Å². The molecule has 0 radical (unpaired) electrons. The van der Waals surface area contributed by atoms with E-state index in [0.29, 0.717) is 27.4 Å². The van der Waals surface area contributed by atoms with Crippen molar-refractivity contribution in [2.45, 2.75) is 6.92 Å². The van der Waals surface area contributed by atoms with Crippen LogP contribution in [-0.4, -0.2) is 23.2 Å². The van der Waals surface area contributed by atoms with E-state index in [1.54, 1.807) is 31.4 Å². The Labute approximate surface area is 138 Å². The van der Waals surface area contributed by atoms with E-state index in [1.165, 1.54) is 0 Å². The molecular weight excluding hydrogens is 314 g/mol. The van der Waals surface area contributed by atoms with Crippen molar-refractivity contribution in [2.24, 2.45) is 0 Å². The van der Waals surface area contributed by atoms with Crippen LogP contribution < -0.4 is 4.74 Å². The molecule has 23 heavy (non-hydrogen) atoms. The van der Waals surface area contributed by atoms with Gasteiger partial charge in [-0.2, -0.15) is 0 Å². The summed E-state index contributed by atoms with van der Waals surface area (Å²) in [5.41, 5.74) is 3.12. The van der Waals surface area contributed by atoms with Gasteiger partial charge in [0.25, 0.3) is 0 Å². The number of nitrogens with zero attached hydrogens (tertiary/aromatic N) is 1. The highest BCUT2D eigenvalue weighted by molar-refractivity contribution is 6.32. The lowest BCUT2D eigenvalue weighted by atomic mass is 10.0. The van der Waals surface area contributed by atoms with Gasteiger partial charge in [-0.15, -0.1) is 0 Å². The Morgan fingerprint density at radius 3 is 2.65 bits per heavy atom. The van der Waals surface area contributed by atoms with Crippen LogP contribution in [0.15, 0.2) is 42.5 Å². The van der Waals surface area contributed by atoms with Crippen LogP contribution >= 0.6 is 11.6 Å². The molecule has 0 fully saturated rings. The second kappa shape index (κ2) is 5.89. The first-order chi connectivity index (χ1) is 11.0. The number of carbonyl (C=O) groups is 1. The number of methoxy groups -OCH3 is 1. The van der Waals surface area contributed by atoms with Crippen molar-refractivity contribution in [1.29, 1.82) is 0 Å². The molecule has 1 aromatic heterocycles. The molecule has 0 aliphatic carbocycles. The Balaban J connectivity index is 2.28. The number of halogens is 1. The van der Waals surface area contributed by atoms with Gasteiger partial charge in [0, 0.05) is 10.9 Å². The minimum absolute atomic E-state index is 0.223. The molecule has 0 saturated carbocycles. The zero-order valence-electron chi connectivity index (χ0n) is 12.6. The van der Waals surface area contributed by atoms with Gasteiger partial charge < -0.3 is 9.84 Å². The lowest BCUT2D eigenvalue weighted by Gasteiger charge is -2.10. The zero-order chi connectivity index (χ0) is 16.6. The summed E-state index contributed by atoms with van der Waals surface area (Å²) >= 11 is 6.16. The summed E-state index contributed by atoms with van der Waals surface area (Å²) in [5, 5.41) is 10.6. The van der Waals surface area contributed by atoms with Gasteiger partial charge in [-0.3, -0.25) is 0 Å². The SMILES string of the molecule is COc1ccc(-c2cc(C(=O)O)c3cccc(C)c3n2)cc1Cl. The molecule has 0 bridgehead atoms. The molecule has 0 saturated heterocycles. The molecule has 4 nitrogen and oxygen atoms in total. The Morgan fingerprint density at radius 2 is 2.00 bits per heavy atom. The third-order valence-electron chi connectivity index (χ3n) is 3.72. The van der Waals surface area contributed by atoms with Crippen LogP contribution in [0.2, 0.25) is 5.02 Å². The average molecular weight is 328 g/mol. The molecule has 0 atom stereocenters. The molecule has 0 unspecified atom stereocenters. The lowest BCUT2D eigenvalue weighted by molar-refractivity contribution is 0.0699. The Hall–Kier alpha value is -2.59. The summed E-state index contributed by atoms with van der Waals surface area (Å²) in [6.07, 6.45) is 0. The van der Waals surface area contributed by atoms with Crippen molar-refractivity contribution < 1.29 is 14.6 Å². The molecule has 3 rings (SSSR count). The van der Waals surface area contributed by atoms with E-state index >= 15 is 0 Å². The summed E-state index contributed by atoms with van der Waals surface area (Å²) in [7, 11) is 1.54. The number of fused-ring (bicyclic) bond motifs is 1. The van der Waals surface area contributed by atoms with Gasteiger partial charge in [0.1, 0.15) is 5.75 Å². The van der Waals surface area contributed by atoms with Gasteiger partial charge in [-0.25, -0.2) is 9.78 Å². The van der Waals surface area contributed by atoms with Crippen LogP contribution in [0, 0.1) is 6.92 Å². The van der Waals surface area contributed by atoms with E-state index in [1.807, 2.05) is 25.1 Å². The maximum atomic E-state index is 11.6. The van der Waals surface area contributed by atoms with Gasteiger partial charge >= 0.3 is 5.97 Å². The molecule has 1 heterocycles. The van der Waals surface area contributed by atoms with Crippen molar-refractivity contribution >= 4 is 28.5 Å². The number of carboxylic acids is 1. The fourth-order valence-corrected chi connectivity index (χ4v) is 2.80. The van der Waals surface area contributed by atoms with Crippen molar-refractivity contribution in [2.75, 3.05) is 7.11 Å². The Morgan fingerprint density at radius 1 is 1.22 bits per heavy atom. The number of para-hydroxylation sites is 1. The van der Waals surface area contributed by atoms with Crippen LogP contribution in [0.1, 0.15) is 15.9 Å².